The largest absolute Gasteiger partial charge is 0.354 e. The van der Waals surface area contributed by atoms with Gasteiger partial charge in [0.2, 0.25) is 11.8 Å². The van der Waals surface area contributed by atoms with Crippen molar-refractivity contribution in [1.82, 2.24) is 10.2 Å². The van der Waals surface area contributed by atoms with Crippen molar-refractivity contribution < 1.29 is 9.59 Å². The predicted molar refractivity (Wildman–Crippen MR) is 136 cm³/mol. The van der Waals surface area contributed by atoms with Crippen LogP contribution in [-0.2, 0) is 22.6 Å². The van der Waals surface area contributed by atoms with E-state index >= 15 is 0 Å². The highest BCUT2D eigenvalue weighted by atomic mass is 35.5. The molecule has 0 radical (unpaired) electrons. The predicted octanol–water partition coefficient (Wildman–Crippen LogP) is 6.01. The number of hydrogen-bond acceptors (Lipinski definition) is 2. The number of amides is 2. The van der Waals surface area contributed by atoms with E-state index in [1.54, 1.807) is 4.90 Å². The van der Waals surface area contributed by atoms with Crippen LogP contribution in [0.1, 0.15) is 44.7 Å². The van der Waals surface area contributed by atoms with Gasteiger partial charge in [0.25, 0.3) is 0 Å². The van der Waals surface area contributed by atoms with E-state index in [1.165, 1.54) is 10.8 Å². The van der Waals surface area contributed by atoms with Crippen molar-refractivity contribution in [2.75, 3.05) is 6.54 Å². The lowest BCUT2D eigenvalue weighted by molar-refractivity contribution is -0.141. The molecule has 1 N–H and O–H groups in total. The molecule has 174 valence electrons. The standard InChI is InChI=1S/C28H33ClN2O2/c1-4-26(28(33)30-18-20(2)3)31(19-21-12-15-24(29)16-13-21)27(32)17-14-23-10-7-9-22-8-5-6-11-25(22)23/h5-13,15-16,20,26H,4,14,17-19H2,1-3H3,(H,30,33)/t26-/m1/s1. The van der Waals surface area contributed by atoms with Gasteiger partial charge in [0.05, 0.1) is 0 Å². The van der Waals surface area contributed by atoms with Crippen LogP contribution >= 0.6 is 11.6 Å². The lowest BCUT2D eigenvalue weighted by Crippen LogP contribution is -2.49. The second-order valence-electron chi connectivity index (χ2n) is 8.85. The SMILES string of the molecule is CC[C@H](C(=O)NCC(C)C)N(Cc1ccc(Cl)cc1)C(=O)CCc1cccc2ccccc12. The average molecular weight is 465 g/mol. The van der Waals surface area contributed by atoms with Gasteiger partial charge in [-0.05, 0) is 52.8 Å². The lowest BCUT2D eigenvalue weighted by Gasteiger charge is -2.31. The summed E-state index contributed by atoms with van der Waals surface area (Å²) in [4.78, 5) is 28.2. The quantitative estimate of drug-likeness (QED) is 0.399. The summed E-state index contributed by atoms with van der Waals surface area (Å²) in [7, 11) is 0. The van der Waals surface area contributed by atoms with Crippen LogP contribution in [0.4, 0.5) is 0 Å². The van der Waals surface area contributed by atoms with Crippen LogP contribution < -0.4 is 5.32 Å². The molecule has 0 fully saturated rings. The maximum atomic E-state index is 13.5. The minimum Gasteiger partial charge on any atom is -0.354 e. The van der Waals surface area contributed by atoms with Crippen LogP contribution in [0.5, 0.6) is 0 Å². The van der Waals surface area contributed by atoms with Gasteiger partial charge in [-0.1, -0.05) is 87.0 Å². The number of hydrogen-bond donors (Lipinski definition) is 1. The number of nitrogens with zero attached hydrogens (tertiary/aromatic N) is 1. The van der Waals surface area contributed by atoms with Crippen molar-refractivity contribution in [2.24, 2.45) is 5.92 Å². The summed E-state index contributed by atoms with van der Waals surface area (Å²) in [5.41, 5.74) is 2.10. The molecule has 3 aromatic carbocycles. The summed E-state index contributed by atoms with van der Waals surface area (Å²) < 4.78 is 0. The van der Waals surface area contributed by atoms with Crippen LogP contribution in [0, 0.1) is 5.92 Å². The Bertz CT molecular complexity index is 1070. The first-order chi connectivity index (χ1) is 15.9. The molecule has 1 atom stereocenters. The maximum absolute atomic E-state index is 13.5. The number of halogens is 1. The molecular formula is C28H33ClN2O2. The zero-order valence-corrected chi connectivity index (χ0v) is 20.4. The second kappa shape index (κ2) is 11.9. The van der Waals surface area contributed by atoms with E-state index in [0.29, 0.717) is 43.3 Å². The van der Waals surface area contributed by atoms with E-state index in [0.717, 1.165) is 11.1 Å². The van der Waals surface area contributed by atoms with E-state index in [9.17, 15) is 9.59 Å². The molecule has 3 rings (SSSR count). The van der Waals surface area contributed by atoms with Crippen LogP contribution in [0.3, 0.4) is 0 Å². The number of benzene rings is 3. The van der Waals surface area contributed by atoms with Crippen LogP contribution in [0.15, 0.2) is 66.7 Å². The van der Waals surface area contributed by atoms with Crippen LogP contribution in [-0.4, -0.2) is 29.3 Å². The second-order valence-corrected chi connectivity index (χ2v) is 9.29. The highest BCUT2D eigenvalue weighted by molar-refractivity contribution is 6.30. The molecular weight excluding hydrogens is 432 g/mol. The Labute approximate surface area is 201 Å². The molecule has 0 heterocycles. The Morgan fingerprint density at radius 1 is 0.970 bits per heavy atom. The number of nitrogens with one attached hydrogen (secondary N) is 1. The third-order valence-corrected chi connectivity index (χ3v) is 6.08. The Balaban J connectivity index is 1.81. The molecule has 0 saturated carbocycles. The summed E-state index contributed by atoms with van der Waals surface area (Å²) in [5, 5.41) is 5.99. The van der Waals surface area contributed by atoms with Gasteiger partial charge in [-0.25, -0.2) is 0 Å². The van der Waals surface area contributed by atoms with E-state index in [4.69, 9.17) is 11.6 Å². The highest BCUT2D eigenvalue weighted by Crippen LogP contribution is 2.21. The summed E-state index contributed by atoms with van der Waals surface area (Å²) in [6.07, 6.45) is 1.52. The molecule has 0 saturated heterocycles. The monoisotopic (exact) mass is 464 g/mol. The third-order valence-electron chi connectivity index (χ3n) is 5.82. The smallest absolute Gasteiger partial charge is 0.242 e. The lowest BCUT2D eigenvalue weighted by atomic mass is 10.00. The topological polar surface area (TPSA) is 49.4 Å². The fourth-order valence-electron chi connectivity index (χ4n) is 4.02. The normalized spacial score (nSPS) is 12.0. The molecule has 0 spiro atoms. The number of carbonyl (C=O) groups excluding carboxylic acids is 2. The molecule has 0 aliphatic heterocycles. The van der Waals surface area contributed by atoms with Gasteiger partial charge in [0.1, 0.15) is 6.04 Å². The first kappa shape index (κ1) is 24.8. The summed E-state index contributed by atoms with van der Waals surface area (Å²) in [6.45, 7) is 7.03. The maximum Gasteiger partial charge on any atom is 0.242 e. The third kappa shape index (κ3) is 6.82. The van der Waals surface area contributed by atoms with Crippen molar-refractivity contribution >= 4 is 34.2 Å². The minimum absolute atomic E-state index is 0.0237. The Kier molecular flexibility index (Phi) is 8.90. The fourth-order valence-corrected chi connectivity index (χ4v) is 4.15. The fraction of sp³-hybridized carbons (Fsp3) is 0.357. The molecule has 33 heavy (non-hydrogen) atoms. The van der Waals surface area contributed by atoms with Gasteiger partial charge in [0.15, 0.2) is 0 Å². The van der Waals surface area contributed by atoms with Crippen molar-refractivity contribution in [3.05, 3.63) is 82.9 Å². The number of fused-ring (bicyclic) bond motifs is 1. The van der Waals surface area contributed by atoms with E-state index in [2.05, 4.69) is 43.4 Å². The number of aryl methyl sites for hydroxylation is 1. The van der Waals surface area contributed by atoms with Gasteiger partial charge in [-0.3, -0.25) is 9.59 Å². The Morgan fingerprint density at radius 2 is 1.67 bits per heavy atom. The first-order valence-corrected chi connectivity index (χ1v) is 12.0. The van der Waals surface area contributed by atoms with Crippen LogP contribution in [0.2, 0.25) is 5.02 Å². The molecule has 4 nitrogen and oxygen atoms in total. The van der Waals surface area contributed by atoms with Gasteiger partial charge < -0.3 is 10.2 Å². The Hall–Kier alpha value is -2.85. The zero-order valence-electron chi connectivity index (χ0n) is 19.7. The summed E-state index contributed by atoms with van der Waals surface area (Å²) in [6, 6.07) is 21.3. The Morgan fingerprint density at radius 3 is 2.36 bits per heavy atom. The number of carbonyl (C=O) groups is 2. The van der Waals surface area contributed by atoms with Crippen LogP contribution in [0.25, 0.3) is 10.8 Å². The van der Waals surface area contributed by atoms with Crippen molar-refractivity contribution in [1.29, 1.82) is 0 Å². The molecule has 0 unspecified atom stereocenters. The van der Waals surface area contributed by atoms with E-state index in [-0.39, 0.29) is 11.8 Å². The molecule has 0 bridgehead atoms. The molecule has 0 aliphatic rings. The molecule has 3 aromatic rings. The highest BCUT2D eigenvalue weighted by Gasteiger charge is 2.28. The van der Waals surface area contributed by atoms with Crippen molar-refractivity contribution in [2.45, 2.75) is 52.6 Å². The van der Waals surface area contributed by atoms with Gasteiger partial charge >= 0.3 is 0 Å². The zero-order chi connectivity index (χ0) is 23.8. The van der Waals surface area contributed by atoms with E-state index < -0.39 is 6.04 Å². The number of rotatable bonds is 10. The molecule has 0 aliphatic carbocycles. The van der Waals surface area contributed by atoms with Gasteiger partial charge in [-0.15, -0.1) is 0 Å². The van der Waals surface area contributed by atoms with Crippen molar-refractivity contribution in [3.8, 4) is 0 Å². The molecule has 0 aromatic heterocycles. The minimum atomic E-state index is -0.514. The first-order valence-electron chi connectivity index (χ1n) is 11.7. The average Bonchev–Trinajstić information content (AvgIpc) is 2.82. The van der Waals surface area contributed by atoms with E-state index in [1.807, 2.05) is 49.4 Å². The summed E-state index contributed by atoms with van der Waals surface area (Å²) >= 11 is 6.04. The summed E-state index contributed by atoms with van der Waals surface area (Å²) in [5.74, 6) is 0.223. The van der Waals surface area contributed by atoms with Gasteiger partial charge in [-0.2, -0.15) is 0 Å². The molecule has 2 amide bonds. The molecule has 5 heteroatoms. The van der Waals surface area contributed by atoms with Gasteiger partial charge in [0, 0.05) is 24.5 Å². The van der Waals surface area contributed by atoms with Crippen molar-refractivity contribution in [3.63, 3.8) is 0 Å².